The van der Waals surface area contributed by atoms with Crippen LogP contribution in [-0.4, -0.2) is 24.4 Å². The summed E-state index contributed by atoms with van der Waals surface area (Å²) in [5.41, 5.74) is 1.13. The van der Waals surface area contributed by atoms with E-state index in [1.807, 2.05) is 36.4 Å². The Morgan fingerprint density at radius 1 is 0.774 bits per heavy atom. The molecule has 2 amide bonds. The monoisotopic (exact) mass is 430 g/mol. The molecular weight excluding hydrogens is 412 g/mol. The summed E-state index contributed by atoms with van der Waals surface area (Å²) in [5.74, 6) is -1.47. The molecule has 0 aliphatic rings. The van der Waals surface area contributed by atoms with Crippen molar-refractivity contribution in [3.63, 3.8) is 0 Å². The van der Waals surface area contributed by atoms with E-state index >= 15 is 0 Å². The summed E-state index contributed by atoms with van der Waals surface area (Å²) < 4.78 is 5.19. The first-order valence-corrected chi connectivity index (χ1v) is 10.4. The first-order valence-electron chi connectivity index (χ1n) is 9.50. The van der Waals surface area contributed by atoms with Gasteiger partial charge in [-0.1, -0.05) is 54.6 Å². The summed E-state index contributed by atoms with van der Waals surface area (Å²) >= 11 is 1.30. The first kappa shape index (κ1) is 20.3. The molecule has 0 aliphatic carbocycles. The van der Waals surface area contributed by atoms with Crippen LogP contribution < -0.4 is 10.6 Å². The van der Waals surface area contributed by atoms with E-state index in [1.165, 1.54) is 17.4 Å². The summed E-state index contributed by atoms with van der Waals surface area (Å²) in [5, 5.41) is 9.17. The highest BCUT2D eigenvalue weighted by Gasteiger charge is 2.17. The molecule has 31 heavy (non-hydrogen) atoms. The molecule has 0 saturated carbocycles. The largest absolute Gasteiger partial charge is 0.452 e. The summed E-state index contributed by atoms with van der Waals surface area (Å²) in [6.45, 7) is -0.449. The van der Waals surface area contributed by atoms with Crippen LogP contribution in [0, 0.1) is 0 Å². The minimum atomic E-state index is -0.699. The molecule has 154 valence electrons. The lowest BCUT2D eigenvalue weighted by atomic mass is 10.1. The lowest BCUT2D eigenvalue weighted by Gasteiger charge is -2.11. The lowest BCUT2D eigenvalue weighted by Crippen LogP contribution is -2.22. The third-order valence-electron chi connectivity index (χ3n) is 4.54. The van der Waals surface area contributed by atoms with Gasteiger partial charge in [-0.3, -0.25) is 9.59 Å². The number of benzene rings is 3. The van der Waals surface area contributed by atoms with Gasteiger partial charge in [-0.05, 0) is 35.0 Å². The second-order valence-electron chi connectivity index (χ2n) is 6.63. The molecule has 1 aromatic heterocycles. The van der Waals surface area contributed by atoms with Gasteiger partial charge in [0.1, 0.15) is 0 Å². The van der Waals surface area contributed by atoms with Crippen LogP contribution in [0.4, 0.5) is 11.4 Å². The highest BCUT2D eigenvalue weighted by Crippen LogP contribution is 2.23. The van der Waals surface area contributed by atoms with Crippen LogP contribution in [0.5, 0.6) is 0 Å². The number of anilines is 2. The van der Waals surface area contributed by atoms with Gasteiger partial charge in [-0.15, -0.1) is 11.3 Å². The van der Waals surface area contributed by atoms with Crippen LogP contribution in [-0.2, 0) is 9.53 Å². The van der Waals surface area contributed by atoms with Crippen molar-refractivity contribution in [2.45, 2.75) is 0 Å². The molecule has 0 atom stereocenters. The number of nitrogens with one attached hydrogen (secondary N) is 2. The van der Waals surface area contributed by atoms with Gasteiger partial charge in [0.2, 0.25) is 0 Å². The summed E-state index contributed by atoms with van der Waals surface area (Å²) in [4.78, 5) is 37.7. The molecule has 2 N–H and O–H groups in total. The standard InChI is InChI=1S/C24H18N2O4S/c27-22(25-19-12-5-8-16-7-1-2-9-17(16)19)15-30-24(29)18-10-3-4-11-20(18)26-23(28)21-13-6-14-31-21/h1-14H,15H2,(H,25,27)(H,26,28). The normalized spacial score (nSPS) is 10.5. The molecular formula is C24H18N2O4S. The molecule has 0 radical (unpaired) electrons. The highest BCUT2D eigenvalue weighted by molar-refractivity contribution is 7.12. The number of amides is 2. The van der Waals surface area contributed by atoms with Crippen LogP contribution in [0.15, 0.2) is 84.2 Å². The Morgan fingerprint density at radius 3 is 2.35 bits per heavy atom. The van der Waals surface area contributed by atoms with E-state index in [9.17, 15) is 14.4 Å². The number of fused-ring (bicyclic) bond motifs is 1. The molecule has 4 aromatic rings. The molecule has 0 bridgehead atoms. The number of hydrogen-bond donors (Lipinski definition) is 2. The number of hydrogen-bond acceptors (Lipinski definition) is 5. The molecule has 0 saturated heterocycles. The zero-order chi connectivity index (χ0) is 21.6. The Bertz CT molecular complexity index is 1250. The van der Waals surface area contributed by atoms with E-state index in [0.29, 0.717) is 16.3 Å². The van der Waals surface area contributed by atoms with Gasteiger partial charge in [0.15, 0.2) is 6.61 Å². The van der Waals surface area contributed by atoms with Gasteiger partial charge >= 0.3 is 5.97 Å². The number of para-hydroxylation sites is 1. The van der Waals surface area contributed by atoms with Crippen molar-refractivity contribution in [2.24, 2.45) is 0 Å². The third-order valence-corrected chi connectivity index (χ3v) is 5.41. The molecule has 4 rings (SSSR count). The van der Waals surface area contributed by atoms with Crippen molar-refractivity contribution >= 4 is 51.3 Å². The van der Waals surface area contributed by atoms with Crippen molar-refractivity contribution in [3.8, 4) is 0 Å². The number of esters is 1. The van der Waals surface area contributed by atoms with Crippen LogP contribution >= 0.6 is 11.3 Å². The number of rotatable bonds is 6. The van der Waals surface area contributed by atoms with Crippen molar-refractivity contribution in [1.82, 2.24) is 0 Å². The summed E-state index contributed by atoms with van der Waals surface area (Å²) in [6, 6.07) is 23.2. The van der Waals surface area contributed by atoms with Crippen molar-refractivity contribution in [2.75, 3.05) is 17.2 Å². The number of ether oxygens (including phenoxy) is 1. The fourth-order valence-corrected chi connectivity index (χ4v) is 3.71. The minimum absolute atomic E-state index is 0.172. The van der Waals surface area contributed by atoms with E-state index in [4.69, 9.17) is 4.74 Å². The fraction of sp³-hybridized carbons (Fsp3) is 0.0417. The quantitative estimate of drug-likeness (QED) is 0.424. The van der Waals surface area contributed by atoms with E-state index in [1.54, 1.807) is 41.8 Å². The smallest absolute Gasteiger partial charge is 0.340 e. The number of carbonyl (C=O) groups excluding carboxylic acids is 3. The molecule has 6 nitrogen and oxygen atoms in total. The Kier molecular flexibility index (Phi) is 6.05. The lowest BCUT2D eigenvalue weighted by molar-refractivity contribution is -0.119. The van der Waals surface area contributed by atoms with Crippen molar-refractivity contribution < 1.29 is 19.1 Å². The molecule has 0 fully saturated rings. The van der Waals surface area contributed by atoms with Crippen LogP contribution in [0.25, 0.3) is 10.8 Å². The topological polar surface area (TPSA) is 84.5 Å². The summed E-state index contributed by atoms with van der Waals surface area (Å²) in [6.07, 6.45) is 0. The maximum Gasteiger partial charge on any atom is 0.340 e. The molecule has 1 heterocycles. The van der Waals surface area contributed by atoms with Gasteiger partial charge in [-0.25, -0.2) is 4.79 Å². The maximum absolute atomic E-state index is 12.6. The molecule has 0 aliphatic heterocycles. The highest BCUT2D eigenvalue weighted by atomic mass is 32.1. The Hall–Kier alpha value is -3.97. The molecule has 0 unspecified atom stereocenters. The number of carbonyl (C=O) groups is 3. The van der Waals surface area contributed by atoms with Gasteiger partial charge in [0, 0.05) is 11.1 Å². The van der Waals surface area contributed by atoms with E-state index in [2.05, 4.69) is 10.6 Å². The molecule has 3 aromatic carbocycles. The van der Waals surface area contributed by atoms with Gasteiger partial charge in [0.25, 0.3) is 11.8 Å². The zero-order valence-corrected chi connectivity index (χ0v) is 17.1. The predicted octanol–water partition coefficient (Wildman–Crippen LogP) is 4.95. The maximum atomic E-state index is 12.6. The van der Waals surface area contributed by atoms with Crippen molar-refractivity contribution in [1.29, 1.82) is 0 Å². The molecule has 7 heteroatoms. The second-order valence-corrected chi connectivity index (χ2v) is 7.58. The average molecular weight is 430 g/mol. The SMILES string of the molecule is O=C(COC(=O)c1ccccc1NC(=O)c1cccs1)Nc1cccc2ccccc12. The van der Waals surface area contributed by atoms with E-state index in [0.717, 1.165) is 10.8 Å². The van der Waals surface area contributed by atoms with E-state index in [-0.39, 0.29) is 11.5 Å². The van der Waals surface area contributed by atoms with Crippen LogP contribution in [0.3, 0.4) is 0 Å². The van der Waals surface area contributed by atoms with Gasteiger partial charge < -0.3 is 15.4 Å². The Balaban J connectivity index is 1.41. The molecule has 0 spiro atoms. The van der Waals surface area contributed by atoms with Gasteiger partial charge in [-0.2, -0.15) is 0 Å². The van der Waals surface area contributed by atoms with E-state index < -0.39 is 18.5 Å². The summed E-state index contributed by atoms with van der Waals surface area (Å²) in [7, 11) is 0. The van der Waals surface area contributed by atoms with Crippen LogP contribution in [0.2, 0.25) is 0 Å². The average Bonchev–Trinajstić information content (AvgIpc) is 3.33. The zero-order valence-electron chi connectivity index (χ0n) is 16.3. The number of thiophene rings is 1. The Morgan fingerprint density at radius 2 is 1.52 bits per heavy atom. The fourth-order valence-electron chi connectivity index (χ4n) is 3.09. The first-order chi connectivity index (χ1) is 15.1. The van der Waals surface area contributed by atoms with Gasteiger partial charge in [0.05, 0.1) is 16.1 Å². The predicted molar refractivity (Wildman–Crippen MR) is 122 cm³/mol. The van der Waals surface area contributed by atoms with Crippen molar-refractivity contribution in [3.05, 3.63) is 94.7 Å². The minimum Gasteiger partial charge on any atom is -0.452 e. The third kappa shape index (κ3) is 4.79. The van der Waals surface area contributed by atoms with Crippen LogP contribution in [0.1, 0.15) is 20.0 Å². The second kappa shape index (κ2) is 9.23. The Labute approximate surface area is 182 Å².